The van der Waals surface area contributed by atoms with E-state index in [1.807, 2.05) is 13.8 Å². The fraction of sp³-hybridized carbons (Fsp3) is 0.867. The second-order valence-electron chi connectivity index (χ2n) is 6.61. The van der Waals surface area contributed by atoms with Gasteiger partial charge in [-0.25, -0.2) is 0 Å². The Labute approximate surface area is 122 Å². The van der Waals surface area contributed by atoms with Crippen molar-refractivity contribution in [3.05, 3.63) is 0 Å². The maximum Gasteiger partial charge on any atom is 0.245 e. The first-order valence-corrected chi connectivity index (χ1v) is 7.34. The van der Waals surface area contributed by atoms with Crippen LogP contribution in [0.25, 0.3) is 0 Å². The highest BCUT2D eigenvalue weighted by Gasteiger charge is 2.38. The van der Waals surface area contributed by atoms with Crippen molar-refractivity contribution >= 4 is 11.8 Å². The molecule has 1 heterocycles. The monoisotopic (exact) mass is 284 g/mol. The molecule has 1 aliphatic rings. The van der Waals surface area contributed by atoms with Gasteiger partial charge in [0.25, 0.3) is 0 Å². The lowest BCUT2D eigenvalue weighted by molar-refractivity contribution is -0.149. The van der Waals surface area contributed by atoms with E-state index in [1.54, 1.807) is 18.9 Å². The van der Waals surface area contributed by atoms with Crippen molar-refractivity contribution in [2.24, 2.45) is 5.92 Å². The van der Waals surface area contributed by atoms with E-state index >= 15 is 0 Å². The smallest absolute Gasteiger partial charge is 0.245 e. The van der Waals surface area contributed by atoms with Gasteiger partial charge in [-0.05, 0) is 39.5 Å². The molecule has 1 aliphatic heterocycles. The Balaban J connectivity index is 2.75. The number of ether oxygens (including phenoxy) is 1. The van der Waals surface area contributed by atoms with Crippen LogP contribution in [0, 0.1) is 5.92 Å². The van der Waals surface area contributed by atoms with Gasteiger partial charge in [-0.1, -0.05) is 13.8 Å². The van der Waals surface area contributed by atoms with Crippen molar-refractivity contribution in [3.8, 4) is 0 Å². The molecule has 0 aliphatic carbocycles. The highest BCUT2D eigenvalue weighted by Crippen LogP contribution is 2.19. The van der Waals surface area contributed by atoms with Gasteiger partial charge in [0.05, 0.1) is 5.60 Å². The van der Waals surface area contributed by atoms with E-state index in [9.17, 15) is 9.59 Å². The van der Waals surface area contributed by atoms with Crippen molar-refractivity contribution in [2.75, 3.05) is 13.7 Å². The summed E-state index contributed by atoms with van der Waals surface area (Å²) in [5.74, 6) is 0.332. The van der Waals surface area contributed by atoms with Crippen LogP contribution < -0.4 is 5.32 Å². The molecular weight excluding hydrogens is 256 g/mol. The molecule has 1 saturated heterocycles. The number of methoxy groups -OCH3 is 1. The van der Waals surface area contributed by atoms with Crippen LogP contribution in [0.3, 0.4) is 0 Å². The first-order chi connectivity index (χ1) is 9.18. The summed E-state index contributed by atoms with van der Waals surface area (Å²) in [6, 6.07) is -0.789. The topological polar surface area (TPSA) is 58.6 Å². The van der Waals surface area contributed by atoms with E-state index in [1.165, 1.54) is 0 Å². The van der Waals surface area contributed by atoms with Crippen molar-refractivity contribution in [2.45, 2.75) is 65.1 Å². The van der Waals surface area contributed by atoms with Crippen LogP contribution in [0.1, 0.15) is 47.5 Å². The Morgan fingerprint density at radius 3 is 2.45 bits per heavy atom. The number of nitrogens with one attached hydrogen (secondary N) is 1. The average Bonchev–Trinajstić information content (AvgIpc) is 2.35. The van der Waals surface area contributed by atoms with Crippen LogP contribution in [0.15, 0.2) is 0 Å². The largest absolute Gasteiger partial charge is 0.379 e. The third kappa shape index (κ3) is 4.20. The lowest BCUT2D eigenvalue weighted by Gasteiger charge is -2.39. The highest BCUT2D eigenvalue weighted by molar-refractivity contribution is 5.96. The van der Waals surface area contributed by atoms with Crippen LogP contribution in [-0.4, -0.2) is 48.1 Å². The number of nitrogens with zero attached hydrogens (tertiary/aromatic N) is 1. The van der Waals surface area contributed by atoms with Crippen molar-refractivity contribution in [3.63, 3.8) is 0 Å². The summed E-state index contributed by atoms with van der Waals surface area (Å²) in [7, 11) is 1.66. The minimum Gasteiger partial charge on any atom is -0.379 e. The lowest BCUT2D eigenvalue weighted by atomic mass is 9.97. The quantitative estimate of drug-likeness (QED) is 0.805. The SMILES string of the molecule is COC(C)(C)CCN1C(=O)C(CC(C)C)NC(=O)C1C. The fourth-order valence-electron chi connectivity index (χ4n) is 2.31. The van der Waals surface area contributed by atoms with E-state index in [-0.39, 0.29) is 23.5 Å². The second-order valence-corrected chi connectivity index (χ2v) is 6.61. The summed E-state index contributed by atoms with van der Waals surface area (Å²) in [5.41, 5.74) is -0.290. The van der Waals surface area contributed by atoms with Crippen LogP contribution >= 0.6 is 0 Å². The van der Waals surface area contributed by atoms with Crippen molar-refractivity contribution < 1.29 is 14.3 Å². The summed E-state index contributed by atoms with van der Waals surface area (Å²) in [6.07, 6.45) is 1.39. The van der Waals surface area contributed by atoms with Crippen molar-refractivity contribution in [1.82, 2.24) is 10.2 Å². The Morgan fingerprint density at radius 2 is 1.95 bits per heavy atom. The molecule has 2 unspecified atom stereocenters. The van der Waals surface area contributed by atoms with Crippen LogP contribution in [-0.2, 0) is 14.3 Å². The number of rotatable bonds is 6. The number of carbonyl (C=O) groups excluding carboxylic acids is 2. The molecule has 20 heavy (non-hydrogen) atoms. The Bertz CT molecular complexity index is 366. The molecule has 116 valence electrons. The molecule has 2 amide bonds. The Hall–Kier alpha value is -1.10. The normalized spacial score (nSPS) is 24.2. The van der Waals surface area contributed by atoms with Gasteiger partial charge in [-0.15, -0.1) is 0 Å². The van der Waals surface area contributed by atoms with Gasteiger partial charge in [0, 0.05) is 13.7 Å². The highest BCUT2D eigenvalue weighted by atomic mass is 16.5. The number of hydrogen-bond acceptors (Lipinski definition) is 3. The van der Waals surface area contributed by atoms with E-state index in [4.69, 9.17) is 4.74 Å². The molecule has 0 saturated carbocycles. The Kier molecular flexibility index (Phi) is 5.57. The number of carbonyl (C=O) groups is 2. The van der Waals surface area contributed by atoms with Crippen LogP contribution in [0.5, 0.6) is 0 Å². The minimum atomic E-state index is -0.404. The van der Waals surface area contributed by atoms with Gasteiger partial charge in [0.15, 0.2) is 0 Å². The molecule has 5 heteroatoms. The Morgan fingerprint density at radius 1 is 1.35 bits per heavy atom. The summed E-state index contributed by atoms with van der Waals surface area (Å²) in [4.78, 5) is 26.2. The average molecular weight is 284 g/mol. The molecule has 0 bridgehead atoms. The molecular formula is C15H28N2O3. The van der Waals surface area contributed by atoms with E-state index in [0.717, 1.165) is 0 Å². The molecule has 1 fully saturated rings. The van der Waals surface area contributed by atoms with Gasteiger partial charge in [0.1, 0.15) is 12.1 Å². The third-order valence-electron chi connectivity index (χ3n) is 3.96. The molecule has 0 aromatic heterocycles. The second kappa shape index (κ2) is 6.57. The van der Waals surface area contributed by atoms with Gasteiger partial charge in [0.2, 0.25) is 11.8 Å². The minimum absolute atomic E-state index is 0.0257. The summed E-state index contributed by atoms with van der Waals surface area (Å²) < 4.78 is 5.38. The van der Waals surface area contributed by atoms with E-state index in [0.29, 0.717) is 25.3 Å². The number of piperazine rings is 1. The third-order valence-corrected chi connectivity index (χ3v) is 3.96. The molecule has 0 aromatic carbocycles. The van der Waals surface area contributed by atoms with E-state index in [2.05, 4.69) is 19.2 Å². The maximum atomic E-state index is 12.5. The molecule has 1 N–H and O–H groups in total. The first kappa shape index (κ1) is 17.0. The predicted molar refractivity (Wildman–Crippen MR) is 78.3 cm³/mol. The van der Waals surface area contributed by atoms with Crippen LogP contribution in [0.2, 0.25) is 0 Å². The van der Waals surface area contributed by atoms with Crippen LogP contribution in [0.4, 0.5) is 0 Å². The zero-order valence-corrected chi connectivity index (χ0v) is 13.5. The van der Waals surface area contributed by atoms with Gasteiger partial charge in [-0.2, -0.15) is 0 Å². The molecule has 1 rings (SSSR count). The molecule has 0 spiro atoms. The summed E-state index contributed by atoms with van der Waals surface area (Å²) in [5, 5.41) is 2.83. The predicted octanol–water partition coefficient (Wildman–Crippen LogP) is 1.56. The lowest BCUT2D eigenvalue weighted by Crippen LogP contribution is -2.63. The maximum absolute atomic E-state index is 12.5. The zero-order valence-electron chi connectivity index (χ0n) is 13.5. The first-order valence-electron chi connectivity index (χ1n) is 7.34. The number of amides is 2. The molecule has 2 atom stereocenters. The fourth-order valence-corrected chi connectivity index (χ4v) is 2.31. The standard InChI is InChI=1S/C15H28N2O3/c1-10(2)9-12-14(19)17(11(3)13(18)16-12)8-7-15(4,5)20-6/h10-12H,7-9H2,1-6H3,(H,16,18). The molecule has 0 aromatic rings. The van der Waals surface area contributed by atoms with Gasteiger partial charge < -0.3 is 15.0 Å². The molecule has 0 radical (unpaired) electrons. The number of hydrogen-bond donors (Lipinski definition) is 1. The van der Waals surface area contributed by atoms with Crippen molar-refractivity contribution in [1.29, 1.82) is 0 Å². The summed E-state index contributed by atoms with van der Waals surface area (Å²) >= 11 is 0. The zero-order chi connectivity index (χ0) is 15.5. The summed E-state index contributed by atoms with van der Waals surface area (Å²) in [6.45, 7) is 10.4. The molecule has 5 nitrogen and oxygen atoms in total. The van der Waals surface area contributed by atoms with Gasteiger partial charge in [-0.3, -0.25) is 9.59 Å². The van der Waals surface area contributed by atoms with E-state index < -0.39 is 6.04 Å². The van der Waals surface area contributed by atoms with Gasteiger partial charge >= 0.3 is 0 Å².